The molecule has 0 spiro atoms. The lowest BCUT2D eigenvalue weighted by Crippen LogP contribution is -1.93. The second-order valence-corrected chi connectivity index (χ2v) is 3.28. The summed E-state index contributed by atoms with van der Waals surface area (Å²) in [4.78, 5) is 4.09. The van der Waals surface area contributed by atoms with Crippen molar-refractivity contribution in [2.24, 2.45) is 0 Å². The molecular formula is C10H9ClN2O2. The summed E-state index contributed by atoms with van der Waals surface area (Å²) in [5, 5.41) is 3.64. The van der Waals surface area contributed by atoms with E-state index in [9.17, 15) is 0 Å². The first kappa shape index (κ1) is 9.86. The van der Waals surface area contributed by atoms with E-state index in [0.717, 1.165) is 5.69 Å². The molecule has 0 aliphatic carbocycles. The maximum Gasteiger partial charge on any atom is 0.180 e. The van der Waals surface area contributed by atoms with Crippen molar-refractivity contribution in [3.8, 4) is 5.75 Å². The van der Waals surface area contributed by atoms with Gasteiger partial charge in [-0.2, -0.15) is 0 Å². The maximum atomic E-state index is 5.72. The largest absolute Gasteiger partial charge is 0.491 e. The Kier molecular flexibility index (Phi) is 2.78. The number of rotatable bonds is 3. The van der Waals surface area contributed by atoms with Crippen LogP contribution in [-0.2, 0) is 0 Å². The van der Waals surface area contributed by atoms with Gasteiger partial charge < -0.3 is 14.5 Å². The zero-order valence-corrected chi connectivity index (χ0v) is 8.78. The van der Waals surface area contributed by atoms with Crippen molar-refractivity contribution in [2.45, 2.75) is 0 Å². The molecule has 15 heavy (non-hydrogen) atoms. The highest BCUT2D eigenvalue weighted by molar-refractivity contribution is 6.30. The average molecular weight is 225 g/mol. The highest BCUT2D eigenvalue weighted by Gasteiger charge is 2.05. The molecule has 0 atom stereocenters. The van der Waals surface area contributed by atoms with Gasteiger partial charge in [-0.25, -0.2) is 4.98 Å². The molecule has 0 aliphatic heterocycles. The third-order valence-corrected chi connectivity index (χ3v) is 2.06. The number of nitrogens with zero attached hydrogens (tertiary/aromatic N) is 1. The zero-order valence-electron chi connectivity index (χ0n) is 8.03. The molecule has 2 rings (SSSR count). The first-order valence-corrected chi connectivity index (χ1v) is 4.66. The summed E-state index contributed by atoms with van der Waals surface area (Å²) >= 11 is 5.72. The Hall–Kier alpha value is -1.68. The minimum atomic E-state index is 0.597. The van der Waals surface area contributed by atoms with Crippen LogP contribution in [0.5, 0.6) is 5.75 Å². The number of methoxy groups -OCH3 is 1. The van der Waals surface area contributed by atoms with Gasteiger partial charge >= 0.3 is 0 Å². The summed E-state index contributed by atoms with van der Waals surface area (Å²) in [6.07, 6.45) is 4.63. The first-order valence-electron chi connectivity index (χ1n) is 4.28. The number of ether oxygens (including phenoxy) is 1. The molecule has 0 saturated heterocycles. The van der Waals surface area contributed by atoms with Crippen molar-refractivity contribution >= 4 is 23.1 Å². The molecule has 0 aliphatic rings. The third kappa shape index (κ3) is 2.22. The van der Waals surface area contributed by atoms with Crippen LogP contribution in [0.2, 0.25) is 5.02 Å². The van der Waals surface area contributed by atoms with Gasteiger partial charge in [-0.3, -0.25) is 0 Å². The highest BCUT2D eigenvalue weighted by Crippen LogP contribution is 2.27. The van der Waals surface area contributed by atoms with Crippen LogP contribution in [0.3, 0.4) is 0 Å². The van der Waals surface area contributed by atoms with Crippen LogP contribution >= 0.6 is 11.6 Å². The summed E-state index contributed by atoms with van der Waals surface area (Å²) < 4.78 is 10.1. The third-order valence-electron chi connectivity index (χ3n) is 1.84. The summed E-state index contributed by atoms with van der Waals surface area (Å²) in [5.74, 6) is 1.31. The van der Waals surface area contributed by atoms with Gasteiger partial charge in [0.05, 0.1) is 12.1 Å². The molecule has 5 heteroatoms. The van der Waals surface area contributed by atoms with E-state index in [1.54, 1.807) is 31.7 Å². The van der Waals surface area contributed by atoms with Crippen molar-refractivity contribution in [3.05, 3.63) is 35.9 Å². The van der Waals surface area contributed by atoms with Crippen LogP contribution in [0.4, 0.5) is 11.5 Å². The number of pyridine rings is 1. The van der Waals surface area contributed by atoms with Crippen molar-refractivity contribution in [3.63, 3.8) is 0 Å². The standard InChI is InChI=1S/C10H9ClN2O2/c1-14-9-6-15-5-8(9)13-10-3-2-7(11)4-12-10/h2-6H,1H3,(H,12,13). The Labute approximate surface area is 91.8 Å². The van der Waals surface area contributed by atoms with Gasteiger partial charge in [-0.1, -0.05) is 11.6 Å². The molecule has 2 aromatic heterocycles. The molecule has 0 unspecified atom stereocenters. The summed E-state index contributed by atoms with van der Waals surface area (Å²) in [5.41, 5.74) is 0.729. The summed E-state index contributed by atoms with van der Waals surface area (Å²) in [7, 11) is 1.57. The number of halogens is 1. The lowest BCUT2D eigenvalue weighted by Gasteiger charge is -2.04. The van der Waals surface area contributed by atoms with Crippen LogP contribution in [0, 0.1) is 0 Å². The quantitative estimate of drug-likeness (QED) is 0.871. The number of furan rings is 1. The summed E-state index contributed by atoms with van der Waals surface area (Å²) in [6.45, 7) is 0. The molecule has 0 fully saturated rings. The van der Waals surface area contributed by atoms with Crippen molar-refractivity contribution in [1.29, 1.82) is 0 Å². The van der Waals surface area contributed by atoms with Crippen molar-refractivity contribution in [2.75, 3.05) is 12.4 Å². The molecule has 0 radical (unpaired) electrons. The fourth-order valence-corrected chi connectivity index (χ4v) is 1.23. The monoisotopic (exact) mass is 224 g/mol. The number of hydrogen-bond donors (Lipinski definition) is 1. The van der Waals surface area contributed by atoms with Gasteiger partial charge in [-0.15, -0.1) is 0 Å². The van der Waals surface area contributed by atoms with Crippen LogP contribution < -0.4 is 10.1 Å². The fourth-order valence-electron chi connectivity index (χ4n) is 1.12. The molecule has 0 amide bonds. The summed E-state index contributed by atoms with van der Waals surface area (Å²) in [6, 6.07) is 3.53. The molecular weight excluding hydrogens is 216 g/mol. The van der Waals surface area contributed by atoms with E-state index in [1.165, 1.54) is 6.26 Å². The second kappa shape index (κ2) is 4.23. The predicted molar refractivity (Wildman–Crippen MR) is 57.8 cm³/mol. The number of aromatic nitrogens is 1. The van der Waals surface area contributed by atoms with Gasteiger partial charge in [0, 0.05) is 6.20 Å². The number of nitrogens with one attached hydrogen (secondary N) is 1. The molecule has 1 N–H and O–H groups in total. The molecule has 0 saturated carbocycles. The molecule has 78 valence electrons. The topological polar surface area (TPSA) is 47.3 Å². The zero-order chi connectivity index (χ0) is 10.7. The van der Waals surface area contributed by atoms with E-state index in [0.29, 0.717) is 16.6 Å². The SMILES string of the molecule is COc1cocc1Nc1ccc(Cl)cn1. The lowest BCUT2D eigenvalue weighted by molar-refractivity contribution is 0.407. The molecule has 2 aromatic rings. The van der Waals surface area contributed by atoms with E-state index in [2.05, 4.69) is 10.3 Å². The maximum absolute atomic E-state index is 5.72. The molecule has 4 nitrogen and oxygen atoms in total. The second-order valence-electron chi connectivity index (χ2n) is 2.84. The minimum Gasteiger partial charge on any atom is -0.491 e. The van der Waals surface area contributed by atoms with E-state index >= 15 is 0 Å². The van der Waals surface area contributed by atoms with E-state index < -0.39 is 0 Å². The van der Waals surface area contributed by atoms with Gasteiger partial charge in [0.25, 0.3) is 0 Å². The van der Waals surface area contributed by atoms with Gasteiger partial charge in [0.2, 0.25) is 0 Å². The minimum absolute atomic E-state index is 0.597. The Morgan fingerprint density at radius 1 is 1.40 bits per heavy atom. The number of hydrogen-bond acceptors (Lipinski definition) is 4. The van der Waals surface area contributed by atoms with E-state index in [4.69, 9.17) is 20.8 Å². The van der Waals surface area contributed by atoms with Crippen LogP contribution in [0.25, 0.3) is 0 Å². The van der Waals surface area contributed by atoms with E-state index in [-0.39, 0.29) is 0 Å². The molecule has 2 heterocycles. The van der Waals surface area contributed by atoms with Gasteiger partial charge in [-0.05, 0) is 12.1 Å². The van der Waals surface area contributed by atoms with Crippen LogP contribution in [0.1, 0.15) is 0 Å². The molecule has 0 bridgehead atoms. The number of anilines is 2. The predicted octanol–water partition coefficient (Wildman–Crippen LogP) is 3.08. The van der Waals surface area contributed by atoms with E-state index in [1.807, 2.05) is 0 Å². The van der Waals surface area contributed by atoms with Crippen molar-refractivity contribution in [1.82, 2.24) is 4.98 Å². The Morgan fingerprint density at radius 3 is 2.93 bits per heavy atom. The average Bonchev–Trinajstić information content (AvgIpc) is 2.69. The Balaban J connectivity index is 2.18. The Morgan fingerprint density at radius 2 is 2.27 bits per heavy atom. The first-order chi connectivity index (χ1) is 7.29. The van der Waals surface area contributed by atoms with Crippen LogP contribution in [-0.4, -0.2) is 12.1 Å². The Bertz CT molecular complexity index is 439. The smallest absolute Gasteiger partial charge is 0.180 e. The molecule has 0 aromatic carbocycles. The normalized spacial score (nSPS) is 10.0. The van der Waals surface area contributed by atoms with Gasteiger partial charge in [0.15, 0.2) is 5.75 Å². The lowest BCUT2D eigenvalue weighted by atomic mass is 10.4. The highest BCUT2D eigenvalue weighted by atomic mass is 35.5. The van der Waals surface area contributed by atoms with Crippen LogP contribution in [0.15, 0.2) is 35.3 Å². The fraction of sp³-hybridized carbons (Fsp3) is 0.100. The van der Waals surface area contributed by atoms with Crippen molar-refractivity contribution < 1.29 is 9.15 Å². The van der Waals surface area contributed by atoms with Gasteiger partial charge in [0.1, 0.15) is 24.0 Å².